The molecule has 1 aromatic carbocycles. The van der Waals surface area contributed by atoms with Gasteiger partial charge in [0.05, 0.1) is 0 Å². The van der Waals surface area contributed by atoms with Crippen LogP contribution in [0.1, 0.15) is 83.3 Å². The Balaban J connectivity index is 2.33. The first-order chi connectivity index (χ1) is 9.85. The minimum atomic E-state index is -0.0118. The molecular weight excluding hydrogens is 260 g/mol. The van der Waals surface area contributed by atoms with Gasteiger partial charge in [0.15, 0.2) is 0 Å². The lowest BCUT2D eigenvalue weighted by atomic mass is 9.76. The Bertz CT molecular complexity index is 467. The minimum absolute atomic E-state index is 0.0118. The van der Waals surface area contributed by atoms with Crippen LogP contribution >= 0.6 is 0 Å². The molecule has 0 aromatic heterocycles. The van der Waals surface area contributed by atoms with Gasteiger partial charge in [0.25, 0.3) is 0 Å². The maximum Gasteiger partial charge on any atom is 0.123 e. The van der Waals surface area contributed by atoms with Gasteiger partial charge in [0.2, 0.25) is 0 Å². The molecule has 2 atom stereocenters. The summed E-state index contributed by atoms with van der Waals surface area (Å²) < 4.78 is 0. The first kappa shape index (κ1) is 16.2. The first-order valence-corrected chi connectivity index (χ1v) is 8.41. The predicted octanol–water partition coefficient (Wildman–Crippen LogP) is 5.47. The number of aromatic hydroxyl groups is 2. The van der Waals surface area contributed by atoms with Gasteiger partial charge in [-0.25, -0.2) is 0 Å². The van der Waals surface area contributed by atoms with Crippen molar-refractivity contribution in [2.24, 2.45) is 5.92 Å². The first-order valence-electron chi connectivity index (χ1n) is 8.41. The van der Waals surface area contributed by atoms with E-state index in [9.17, 15) is 10.2 Å². The molecule has 21 heavy (non-hydrogen) atoms. The zero-order valence-electron chi connectivity index (χ0n) is 13.9. The third-order valence-corrected chi connectivity index (χ3v) is 5.14. The van der Waals surface area contributed by atoms with Crippen LogP contribution in [0.15, 0.2) is 12.1 Å². The molecule has 1 aliphatic rings. The topological polar surface area (TPSA) is 40.5 Å². The molecule has 0 aliphatic heterocycles. The van der Waals surface area contributed by atoms with Crippen molar-refractivity contribution >= 4 is 0 Å². The van der Waals surface area contributed by atoms with E-state index in [-0.39, 0.29) is 16.9 Å². The molecule has 0 radical (unpaired) electrons. The monoisotopic (exact) mass is 290 g/mol. The summed E-state index contributed by atoms with van der Waals surface area (Å²) in [6.07, 6.45) is 6.73. The fourth-order valence-corrected chi connectivity index (χ4v) is 3.90. The fourth-order valence-electron chi connectivity index (χ4n) is 3.90. The van der Waals surface area contributed by atoms with Crippen LogP contribution in [0.5, 0.6) is 11.5 Å². The van der Waals surface area contributed by atoms with E-state index >= 15 is 0 Å². The van der Waals surface area contributed by atoms with E-state index in [0.29, 0.717) is 11.8 Å². The third kappa shape index (κ3) is 3.53. The number of phenolic OH excluding ortho intramolecular Hbond substituents is 2. The van der Waals surface area contributed by atoms with Crippen molar-refractivity contribution in [2.45, 2.75) is 77.6 Å². The lowest BCUT2D eigenvalue weighted by Gasteiger charge is -2.30. The zero-order valence-corrected chi connectivity index (χ0v) is 13.9. The van der Waals surface area contributed by atoms with Crippen LogP contribution < -0.4 is 0 Å². The lowest BCUT2D eigenvalue weighted by Crippen LogP contribution is -2.17. The normalized spacial score (nSPS) is 23.2. The number of benzene rings is 1. The van der Waals surface area contributed by atoms with Gasteiger partial charge in [-0.05, 0) is 54.2 Å². The molecule has 1 fully saturated rings. The van der Waals surface area contributed by atoms with Crippen molar-refractivity contribution < 1.29 is 10.2 Å². The number of hydrogen-bond donors (Lipinski definition) is 2. The Morgan fingerprint density at radius 3 is 2.29 bits per heavy atom. The largest absolute Gasteiger partial charge is 0.508 e. The van der Waals surface area contributed by atoms with E-state index in [1.165, 1.54) is 12.8 Å². The van der Waals surface area contributed by atoms with Crippen LogP contribution in [0.25, 0.3) is 0 Å². The lowest BCUT2D eigenvalue weighted by molar-refractivity contribution is 0.326. The van der Waals surface area contributed by atoms with Gasteiger partial charge in [-0.15, -0.1) is 0 Å². The molecule has 2 N–H and O–H groups in total. The smallest absolute Gasteiger partial charge is 0.123 e. The quantitative estimate of drug-likeness (QED) is 0.772. The number of rotatable bonds is 4. The average Bonchev–Trinajstić information content (AvgIpc) is 2.37. The van der Waals surface area contributed by atoms with Crippen LogP contribution in [0, 0.1) is 5.92 Å². The Hall–Kier alpha value is -1.18. The molecular formula is C19H30O2. The van der Waals surface area contributed by atoms with Crippen molar-refractivity contribution in [3.05, 3.63) is 23.3 Å². The molecule has 2 unspecified atom stereocenters. The van der Waals surface area contributed by atoms with Crippen LogP contribution in [0.3, 0.4) is 0 Å². The van der Waals surface area contributed by atoms with E-state index in [2.05, 4.69) is 27.7 Å². The summed E-state index contributed by atoms with van der Waals surface area (Å²) in [6.45, 7) is 8.78. The highest BCUT2D eigenvalue weighted by Crippen LogP contribution is 2.45. The predicted molar refractivity (Wildman–Crippen MR) is 88.1 cm³/mol. The summed E-state index contributed by atoms with van der Waals surface area (Å²) in [4.78, 5) is 0. The SMILES string of the molecule is CCCC(C)(C)c1cc(O)c(C2CCCC(C)C2)c(O)c1. The highest BCUT2D eigenvalue weighted by molar-refractivity contribution is 5.50. The van der Waals surface area contributed by atoms with Crippen LogP contribution in [0.4, 0.5) is 0 Å². The average molecular weight is 290 g/mol. The van der Waals surface area contributed by atoms with E-state index < -0.39 is 0 Å². The maximum atomic E-state index is 10.5. The number of hydrogen-bond acceptors (Lipinski definition) is 2. The summed E-state index contributed by atoms with van der Waals surface area (Å²) in [6, 6.07) is 3.76. The standard InChI is InChI=1S/C19H30O2/c1-5-9-19(3,4)15-11-16(20)18(17(21)12-15)14-8-6-7-13(2)10-14/h11-14,20-21H,5-10H2,1-4H3. The van der Waals surface area contributed by atoms with Crippen LogP contribution in [-0.2, 0) is 5.41 Å². The van der Waals surface area contributed by atoms with Gasteiger partial charge < -0.3 is 10.2 Å². The fraction of sp³-hybridized carbons (Fsp3) is 0.684. The molecule has 2 heteroatoms. The second-order valence-corrected chi connectivity index (χ2v) is 7.53. The van der Waals surface area contributed by atoms with Crippen molar-refractivity contribution in [1.82, 2.24) is 0 Å². The zero-order chi connectivity index (χ0) is 15.6. The summed E-state index contributed by atoms with van der Waals surface area (Å²) in [5, 5.41) is 21.0. The maximum absolute atomic E-state index is 10.5. The number of phenols is 2. The van der Waals surface area contributed by atoms with Gasteiger partial charge in [0, 0.05) is 5.56 Å². The van der Waals surface area contributed by atoms with Gasteiger partial charge >= 0.3 is 0 Å². The highest BCUT2D eigenvalue weighted by atomic mass is 16.3. The molecule has 2 rings (SSSR count). The Kier molecular flexibility index (Phi) is 4.85. The van der Waals surface area contributed by atoms with E-state index in [0.717, 1.165) is 36.8 Å². The van der Waals surface area contributed by atoms with Gasteiger partial charge in [-0.3, -0.25) is 0 Å². The molecule has 0 saturated heterocycles. The van der Waals surface area contributed by atoms with Crippen LogP contribution in [0.2, 0.25) is 0 Å². The van der Waals surface area contributed by atoms with Crippen molar-refractivity contribution in [1.29, 1.82) is 0 Å². The molecule has 0 bridgehead atoms. The summed E-state index contributed by atoms with van der Waals surface area (Å²) in [5.74, 6) is 1.55. The summed E-state index contributed by atoms with van der Waals surface area (Å²) in [5.41, 5.74) is 1.80. The Morgan fingerprint density at radius 1 is 1.14 bits per heavy atom. The molecule has 0 spiro atoms. The molecule has 0 amide bonds. The summed E-state index contributed by atoms with van der Waals surface area (Å²) >= 11 is 0. The van der Waals surface area contributed by atoms with Gasteiger partial charge in [0.1, 0.15) is 11.5 Å². The second kappa shape index (κ2) is 6.29. The van der Waals surface area contributed by atoms with Gasteiger partial charge in [-0.2, -0.15) is 0 Å². The molecule has 1 saturated carbocycles. The highest BCUT2D eigenvalue weighted by Gasteiger charge is 2.28. The Labute approximate surface area is 129 Å². The second-order valence-electron chi connectivity index (χ2n) is 7.53. The van der Waals surface area contributed by atoms with E-state index in [1.807, 2.05) is 12.1 Å². The molecule has 2 nitrogen and oxygen atoms in total. The van der Waals surface area contributed by atoms with Crippen LogP contribution in [-0.4, -0.2) is 10.2 Å². The van der Waals surface area contributed by atoms with E-state index in [4.69, 9.17) is 0 Å². The van der Waals surface area contributed by atoms with Crippen molar-refractivity contribution in [3.63, 3.8) is 0 Å². The molecule has 118 valence electrons. The molecule has 0 heterocycles. The Morgan fingerprint density at radius 2 is 1.76 bits per heavy atom. The molecule has 1 aliphatic carbocycles. The van der Waals surface area contributed by atoms with Crippen molar-refractivity contribution in [2.75, 3.05) is 0 Å². The van der Waals surface area contributed by atoms with Gasteiger partial charge in [-0.1, -0.05) is 47.0 Å². The third-order valence-electron chi connectivity index (χ3n) is 5.14. The molecule has 1 aromatic rings. The summed E-state index contributed by atoms with van der Waals surface area (Å²) in [7, 11) is 0. The minimum Gasteiger partial charge on any atom is -0.508 e. The van der Waals surface area contributed by atoms with Crippen molar-refractivity contribution in [3.8, 4) is 11.5 Å². The van der Waals surface area contributed by atoms with E-state index in [1.54, 1.807) is 0 Å².